The molecule has 0 bridgehead atoms. The number of aliphatic carboxylic acids is 1. The van der Waals surface area contributed by atoms with Gasteiger partial charge in [0, 0.05) is 12.2 Å². The molecule has 0 fully saturated rings. The van der Waals surface area contributed by atoms with Crippen molar-refractivity contribution in [1.82, 2.24) is 5.32 Å². The molecule has 0 saturated heterocycles. The van der Waals surface area contributed by atoms with Gasteiger partial charge < -0.3 is 20.8 Å². The molecule has 0 aromatic heterocycles. The Kier molecular flexibility index (Phi) is 5.91. The van der Waals surface area contributed by atoms with Crippen molar-refractivity contribution < 1.29 is 24.2 Å². The largest absolute Gasteiger partial charge is 0.480 e. The SMILES string of the molecule is O=C(CC(NCCO)C(=O)O)Nc1ccc(F)cc1. The molecule has 0 aliphatic rings. The van der Waals surface area contributed by atoms with Crippen molar-refractivity contribution >= 4 is 17.6 Å². The maximum Gasteiger partial charge on any atom is 0.321 e. The topological polar surface area (TPSA) is 98.7 Å². The van der Waals surface area contributed by atoms with Gasteiger partial charge in [0.2, 0.25) is 5.91 Å². The van der Waals surface area contributed by atoms with E-state index in [1.54, 1.807) is 0 Å². The summed E-state index contributed by atoms with van der Waals surface area (Å²) in [7, 11) is 0. The second-order valence-corrected chi connectivity index (χ2v) is 3.83. The zero-order valence-corrected chi connectivity index (χ0v) is 10.1. The fourth-order valence-electron chi connectivity index (χ4n) is 1.42. The van der Waals surface area contributed by atoms with Crippen LogP contribution in [0.25, 0.3) is 0 Å². The zero-order valence-electron chi connectivity index (χ0n) is 10.1. The van der Waals surface area contributed by atoms with Gasteiger partial charge in [0.1, 0.15) is 11.9 Å². The molecule has 7 heteroatoms. The number of amides is 1. The van der Waals surface area contributed by atoms with Crippen molar-refractivity contribution in [3.63, 3.8) is 0 Å². The number of rotatable bonds is 7. The zero-order chi connectivity index (χ0) is 14.3. The molecular formula is C12H15FN2O4. The highest BCUT2D eigenvalue weighted by atomic mass is 19.1. The van der Waals surface area contributed by atoms with Crippen LogP contribution in [0.3, 0.4) is 0 Å². The molecule has 6 nitrogen and oxygen atoms in total. The standard InChI is InChI=1S/C12H15FN2O4/c13-8-1-3-9(4-2-8)15-11(17)7-10(12(18)19)14-5-6-16/h1-4,10,14,16H,5-7H2,(H,15,17)(H,18,19). The number of hydrogen-bond acceptors (Lipinski definition) is 4. The number of anilines is 1. The Bertz CT molecular complexity index is 436. The Morgan fingerprint density at radius 2 is 1.89 bits per heavy atom. The number of carbonyl (C=O) groups excluding carboxylic acids is 1. The number of halogens is 1. The summed E-state index contributed by atoms with van der Waals surface area (Å²) in [6.07, 6.45) is -0.285. The van der Waals surface area contributed by atoms with Crippen LogP contribution in [0.5, 0.6) is 0 Å². The number of carboxylic acid groups (broad SMARTS) is 1. The minimum Gasteiger partial charge on any atom is -0.480 e. The van der Waals surface area contributed by atoms with Crippen LogP contribution in [0.15, 0.2) is 24.3 Å². The lowest BCUT2D eigenvalue weighted by Crippen LogP contribution is -2.41. The summed E-state index contributed by atoms with van der Waals surface area (Å²) >= 11 is 0. The van der Waals surface area contributed by atoms with E-state index in [1.807, 2.05) is 0 Å². The molecule has 1 unspecified atom stereocenters. The molecule has 0 saturated carbocycles. The number of carbonyl (C=O) groups is 2. The third kappa shape index (κ3) is 5.45. The van der Waals surface area contributed by atoms with Gasteiger partial charge in [-0.25, -0.2) is 4.39 Å². The molecule has 1 atom stereocenters. The molecule has 0 aliphatic carbocycles. The summed E-state index contributed by atoms with van der Waals surface area (Å²) in [4.78, 5) is 22.5. The maximum absolute atomic E-state index is 12.7. The maximum atomic E-state index is 12.7. The van der Waals surface area contributed by atoms with E-state index in [9.17, 15) is 14.0 Å². The molecule has 0 spiro atoms. The third-order valence-corrected chi connectivity index (χ3v) is 2.32. The van der Waals surface area contributed by atoms with E-state index in [1.165, 1.54) is 24.3 Å². The van der Waals surface area contributed by atoms with E-state index in [-0.39, 0.29) is 19.6 Å². The van der Waals surface area contributed by atoms with Gasteiger partial charge in [0.05, 0.1) is 13.0 Å². The average Bonchev–Trinajstić information content (AvgIpc) is 2.37. The van der Waals surface area contributed by atoms with Crippen LogP contribution in [0.2, 0.25) is 0 Å². The van der Waals surface area contributed by atoms with Crippen LogP contribution in [0.4, 0.5) is 10.1 Å². The Balaban J connectivity index is 2.52. The summed E-state index contributed by atoms with van der Waals surface area (Å²) in [5.74, 6) is -2.11. The van der Waals surface area contributed by atoms with Gasteiger partial charge in [0.25, 0.3) is 0 Å². The number of benzene rings is 1. The molecule has 0 aliphatic heterocycles. The molecule has 19 heavy (non-hydrogen) atoms. The fourth-order valence-corrected chi connectivity index (χ4v) is 1.42. The van der Waals surface area contributed by atoms with Gasteiger partial charge in [0.15, 0.2) is 0 Å². The molecule has 1 aromatic rings. The van der Waals surface area contributed by atoms with Gasteiger partial charge in [-0.1, -0.05) is 0 Å². The molecule has 1 amide bonds. The van der Waals surface area contributed by atoms with Crippen LogP contribution >= 0.6 is 0 Å². The lowest BCUT2D eigenvalue weighted by Gasteiger charge is -2.13. The minimum absolute atomic E-state index is 0.0841. The Hall–Kier alpha value is -1.99. The molecular weight excluding hydrogens is 255 g/mol. The van der Waals surface area contributed by atoms with E-state index in [4.69, 9.17) is 10.2 Å². The fraction of sp³-hybridized carbons (Fsp3) is 0.333. The van der Waals surface area contributed by atoms with Crippen molar-refractivity contribution in [2.45, 2.75) is 12.5 Å². The van der Waals surface area contributed by atoms with Crippen LogP contribution in [0, 0.1) is 5.82 Å². The highest BCUT2D eigenvalue weighted by molar-refractivity contribution is 5.93. The van der Waals surface area contributed by atoms with E-state index in [0.29, 0.717) is 5.69 Å². The Morgan fingerprint density at radius 1 is 1.26 bits per heavy atom. The highest BCUT2D eigenvalue weighted by Crippen LogP contribution is 2.09. The third-order valence-electron chi connectivity index (χ3n) is 2.32. The van der Waals surface area contributed by atoms with E-state index in [2.05, 4.69) is 10.6 Å². The number of hydrogen-bond donors (Lipinski definition) is 4. The first kappa shape index (κ1) is 15.1. The Morgan fingerprint density at radius 3 is 2.42 bits per heavy atom. The predicted molar refractivity (Wildman–Crippen MR) is 66.2 cm³/mol. The quantitative estimate of drug-likeness (QED) is 0.567. The van der Waals surface area contributed by atoms with E-state index < -0.39 is 23.7 Å². The van der Waals surface area contributed by atoms with E-state index >= 15 is 0 Å². The second kappa shape index (κ2) is 7.45. The van der Waals surface area contributed by atoms with Crippen LogP contribution in [-0.2, 0) is 9.59 Å². The first-order valence-corrected chi connectivity index (χ1v) is 5.65. The number of aliphatic hydroxyl groups is 1. The van der Waals surface area contributed by atoms with Gasteiger partial charge in [-0.15, -0.1) is 0 Å². The predicted octanol–water partition coefficient (Wildman–Crippen LogP) is 0.189. The summed E-state index contributed by atoms with van der Waals surface area (Å²) in [6, 6.07) is 4.06. The molecule has 0 radical (unpaired) electrons. The number of nitrogens with one attached hydrogen (secondary N) is 2. The Labute approximate surface area is 109 Å². The summed E-state index contributed by atoms with van der Waals surface area (Å²) in [5, 5.41) is 22.5. The van der Waals surface area contributed by atoms with Crippen molar-refractivity contribution in [2.24, 2.45) is 0 Å². The lowest BCUT2D eigenvalue weighted by molar-refractivity contribution is -0.141. The highest BCUT2D eigenvalue weighted by Gasteiger charge is 2.20. The van der Waals surface area contributed by atoms with Gasteiger partial charge >= 0.3 is 5.97 Å². The van der Waals surface area contributed by atoms with Gasteiger partial charge in [-0.05, 0) is 24.3 Å². The van der Waals surface area contributed by atoms with Crippen molar-refractivity contribution in [2.75, 3.05) is 18.5 Å². The monoisotopic (exact) mass is 270 g/mol. The lowest BCUT2D eigenvalue weighted by atomic mass is 10.2. The first-order chi connectivity index (χ1) is 9.02. The smallest absolute Gasteiger partial charge is 0.321 e. The first-order valence-electron chi connectivity index (χ1n) is 5.65. The second-order valence-electron chi connectivity index (χ2n) is 3.83. The van der Waals surface area contributed by atoms with Crippen molar-refractivity contribution in [1.29, 1.82) is 0 Å². The summed E-state index contributed by atoms with van der Waals surface area (Å²) < 4.78 is 12.7. The number of carboxylic acids is 1. The molecule has 1 rings (SSSR count). The average molecular weight is 270 g/mol. The molecule has 4 N–H and O–H groups in total. The summed E-state index contributed by atoms with van der Waals surface area (Å²) in [6.45, 7) is -0.135. The van der Waals surface area contributed by atoms with Crippen molar-refractivity contribution in [3.05, 3.63) is 30.1 Å². The van der Waals surface area contributed by atoms with Crippen LogP contribution in [0.1, 0.15) is 6.42 Å². The van der Waals surface area contributed by atoms with Crippen LogP contribution < -0.4 is 10.6 Å². The number of aliphatic hydroxyl groups excluding tert-OH is 1. The van der Waals surface area contributed by atoms with Crippen LogP contribution in [-0.4, -0.2) is 41.3 Å². The molecule has 104 valence electrons. The minimum atomic E-state index is -1.18. The van der Waals surface area contributed by atoms with Crippen molar-refractivity contribution in [3.8, 4) is 0 Å². The summed E-state index contributed by atoms with van der Waals surface area (Å²) in [5.41, 5.74) is 0.387. The molecule has 0 heterocycles. The van der Waals surface area contributed by atoms with Gasteiger partial charge in [-0.3, -0.25) is 9.59 Å². The van der Waals surface area contributed by atoms with E-state index in [0.717, 1.165) is 0 Å². The molecule has 1 aromatic carbocycles. The normalized spacial score (nSPS) is 11.9. The van der Waals surface area contributed by atoms with Gasteiger partial charge in [-0.2, -0.15) is 0 Å².